The van der Waals surface area contributed by atoms with Crippen molar-refractivity contribution in [2.24, 2.45) is 21.5 Å². The van der Waals surface area contributed by atoms with E-state index in [1.54, 1.807) is 4.90 Å². The summed E-state index contributed by atoms with van der Waals surface area (Å²) in [6, 6.07) is 20.6. The number of aromatic nitrogens is 1. The van der Waals surface area contributed by atoms with E-state index in [0.717, 1.165) is 55.9 Å². The van der Waals surface area contributed by atoms with E-state index in [9.17, 15) is 0 Å². The second-order valence-electron chi connectivity index (χ2n) is 9.29. The molecule has 1 unspecified atom stereocenters. The molecule has 0 fully saturated rings. The maximum atomic E-state index is 8.21. The van der Waals surface area contributed by atoms with Crippen LogP contribution in [0.15, 0.2) is 76.8 Å². The van der Waals surface area contributed by atoms with Gasteiger partial charge in [-0.15, -0.1) is 0 Å². The van der Waals surface area contributed by atoms with E-state index in [1.165, 1.54) is 0 Å². The first kappa shape index (κ1) is 23.2. The van der Waals surface area contributed by atoms with Crippen LogP contribution in [0.25, 0.3) is 22.0 Å². The largest absolute Gasteiger partial charge is 0.370 e. The topological polar surface area (TPSA) is 123 Å². The van der Waals surface area contributed by atoms with Gasteiger partial charge in [-0.1, -0.05) is 25.1 Å². The zero-order valence-corrected chi connectivity index (χ0v) is 20.9. The van der Waals surface area contributed by atoms with Crippen LogP contribution in [0.1, 0.15) is 24.0 Å². The number of guanidine groups is 2. The van der Waals surface area contributed by atoms with E-state index in [0.29, 0.717) is 5.96 Å². The first-order valence-corrected chi connectivity index (χ1v) is 11.8. The van der Waals surface area contributed by atoms with Crippen molar-refractivity contribution < 1.29 is 0 Å². The summed E-state index contributed by atoms with van der Waals surface area (Å²) < 4.78 is 0. The number of nitrogens with zero attached hydrogens (tertiary/aromatic N) is 4. The third-order valence-corrected chi connectivity index (χ3v) is 6.67. The molecule has 5 rings (SSSR count). The van der Waals surface area contributed by atoms with Crippen LogP contribution in [-0.4, -0.2) is 48.7 Å². The second kappa shape index (κ2) is 8.88. The van der Waals surface area contributed by atoms with Gasteiger partial charge in [0.2, 0.25) is 0 Å². The van der Waals surface area contributed by atoms with Gasteiger partial charge in [-0.05, 0) is 59.2 Å². The molecular formula is C28H30N8. The lowest BCUT2D eigenvalue weighted by atomic mass is 9.92. The first-order valence-electron chi connectivity index (χ1n) is 11.8. The van der Waals surface area contributed by atoms with E-state index in [4.69, 9.17) is 21.9 Å². The fourth-order valence-corrected chi connectivity index (χ4v) is 4.69. The highest BCUT2D eigenvalue weighted by molar-refractivity contribution is 6.17. The molecule has 1 aromatic heterocycles. The Morgan fingerprint density at radius 1 is 0.972 bits per heavy atom. The van der Waals surface area contributed by atoms with Gasteiger partial charge >= 0.3 is 0 Å². The normalized spacial score (nSPS) is 14.3. The van der Waals surface area contributed by atoms with Gasteiger partial charge in [-0.2, -0.15) is 0 Å². The molecule has 2 heterocycles. The summed E-state index contributed by atoms with van der Waals surface area (Å²) in [5.74, 6) is 0.583. The van der Waals surface area contributed by atoms with Crippen LogP contribution in [0.5, 0.6) is 0 Å². The highest BCUT2D eigenvalue weighted by Crippen LogP contribution is 2.41. The Morgan fingerprint density at radius 2 is 1.69 bits per heavy atom. The van der Waals surface area contributed by atoms with E-state index in [2.05, 4.69) is 47.2 Å². The minimum atomic E-state index is 0.0431. The summed E-state index contributed by atoms with van der Waals surface area (Å²) >= 11 is 0. The van der Waals surface area contributed by atoms with Crippen molar-refractivity contribution in [2.75, 3.05) is 26.0 Å². The molecule has 8 heteroatoms. The molecule has 0 saturated heterocycles. The molecule has 6 N–H and O–H groups in total. The molecule has 0 spiro atoms. The molecule has 4 aromatic rings. The van der Waals surface area contributed by atoms with Gasteiger partial charge in [0, 0.05) is 55.4 Å². The summed E-state index contributed by atoms with van der Waals surface area (Å²) in [6.45, 7) is 2.16. The number of aliphatic imine (C=N–C) groups is 2. The van der Waals surface area contributed by atoms with Crippen molar-refractivity contribution in [3.63, 3.8) is 0 Å². The van der Waals surface area contributed by atoms with Crippen LogP contribution in [0.3, 0.4) is 0 Å². The average molecular weight is 479 g/mol. The predicted molar refractivity (Wildman–Crippen MR) is 150 cm³/mol. The monoisotopic (exact) mass is 478 g/mol. The van der Waals surface area contributed by atoms with Crippen LogP contribution < -0.4 is 16.4 Å². The van der Waals surface area contributed by atoms with Gasteiger partial charge in [-0.25, -0.2) is 4.99 Å². The van der Waals surface area contributed by atoms with Crippen LogP contribution in [0, 0.1) is 5.41 Å². The van der Waals surface area contributed by atoms with Crippen LogP contribution >= 0.6 is 0 Å². The standard InChI is InChI=1S/C28H30N8/c1-16-21-14-19(33-27(29)30)8-12-25(21)34-26(16)23-15-32-24-11-7-18(13-22(23)24)17-5-9-20(10-6-17)36(4)28(31)35(2)3/h5-16,31-32H,1-4H3,(H4,29,30,33). The summed E-state index contributed by atoms with van der Waals surface area (Å²) in [6.07, 6.45) is 2.04. The molecule has 0 radical (unpaired) electrons. The van der Waals surface area contributed by atoms with Gasteiger partial charge in [-0.3, -0.25) is 10.4 Å². The van der Waals surface area contributed by atoms with Gasteiger partial charge < -0.3 is 26.3 Å². The Hall–Kier alpha value is -4.59. The van der Waals surface area contributed by atoms with Gasteiger partial charge in [0.05, 0.1) is 17.1 Å². The molecule has 1 aliphatic heterocycles. The number of anilines is 1. The molecule has 8 nitrogen and oxygen atoms in total. The molecular weight excluding hydrogens is 448 g/mol. The van der Waals surface area contributed by atoms with Crippen LogP contribution in [-0.2, 0) is 0 Å². The molecule has 0 saturated carbocycles. The Kier molecular flexibility index (Phi) is 5.72. The number of benzene rings is 3. The molecule has 3 aromatic carbocycles. The molecule has 0 amide bonds. The van der Waals surface area contributed by atoms with Crippen molar-refractivity contribution in [3.05, 3.63) is 78.0 Å². The van der Waals surface area contributed by atoms with Crippen molar-refractivity contribution in [1.82, 2.24) is 9.88 Å². The summed E-state index contributed by atoms with van der Waals surface area (Å²) in [7, 11) is 5.64. The fraction of sp³-hybridized carbons (Fsp3) is 0.179. The number of nitrogens with one attached hydrogen (secondary N) is 2. The zero-order valence-electron chi connectivity index (χ0n) is 20.9. The Labute approximate surface area is 210 Å². The lowest BCUT2D eigenvalue weighted by Crippen LogP contribution is -2.37. The van der Waals surface area contributed by atoms with E-state index >= 15 is 0 Å². The number of H-pyrrole nitrogens is 1. The Balaban J connectivity index is 1.47. The number of fused-ring (bicyclic) bond motifs is 2. The Bertz CT molecular complexity index is 1520. The van der Waals surface area contributed by atoms with E-state index in [-0.39, 0.29) is 11.9 Å². The average Bonchev–Trinajstić information content (AvgIpc) is 3.43. The first-order chi connectivity index (χ1) is 17.2. The number of hydrogen-bond acceptors (Lipinski definition) is 3. The van der Waals surface area contributed by atoms with Crippen LogP contribution in [0.2, 0.25) is 0 Å². The van der Waals surface area contributed by atoms with Crippen molar-refractivity contribution in [1.29, 1.82) is 5.41 Å². The maximum Gasteiger partial charge on any atom is 0.197 e. The fourth-order valence-electron chi connectivity index (χ4n) is 4.69. The minimum Gasteiger partial charge on any atom is -0.370 e. The van der Waals surface area contributed by atoms with Crippen molar-refractivity contribution >= 4 is 45.6 Å². The summed E-state index contributed by atoms with van der Waals surface area (Å²) in [5, 5.41) is 9.34. The molecule has 0 bridgehead atoms. The Morgan fingerprint density at radius 3 is 2.39 bits per heavy atom. The summed E-state index contributed by atoms with van der Waals surface area (Å²) in [4.78, 5) is 16.2. The molecule has 1 aliphatic rings. The quantitative estimate of drug-likeness (QED) is 0.246. The smallest absolute Gasteiger partial charge is 0.197 e. The van der Waals surface area contributed by atoms with Crippen LogP contribution in [0.4, 0.5) is 17.1 Å². The zero-order chi connectivity index (χ0) is 25.6. The van der Waals surface area contributed by atoms with Crippen molar-refractivity contribution in [2.45, 2.75) is 12.8 Å². The molecule has 36 heavy (non-hydrogen) atoms. The molecule has 182 valence electrons. The number of rotatable bonds is 4. The van der Waals surface area contributed by atoms with Gasteiger partial charge in [0.25, 0.3) is 0 Å². The lowest BCUT2D eigenvalue weighted by Gasteiger charge is -2.25. The third-order valence-electron chi connectivity index (χ3n) is 6.67. The SMILES string of the molecule is CC1C(c2c[nH]c3ccc(-c4ccc(N(C)C(=N)N(C)C)cc4)cc23)=Nc2ccc(N=C(N)N)cc21. The lowest BCUT2D eigenvalue weighted by molar-refractivity contribution is 0.603. The van der Waals surface area contributed by atoms with Gasteiger partial charge in [0.15, 0.2) is 11.9 Å². The molecule has 1 atom stereocenters. The highest BCUT2D eigenvalue weighted by Gasteiger charge is 2.26. The van der Waals surface area contributed by atoms with E-state index in [1.807, 2.05) is 62.6 Å². The van der Waals surface area contributed by atoms with Gasteiger partial charge in [0.1, 0.15) is 0 Å². The predicted octanol–water partition coefficient (Wildman–Crippen LogP) is 4.91. The second-order valence-corrected chi connectivity index (χ2v) is 9.29. The maximum absolute atomic E-state index is 8.21. The van der Waals surface area contributed by atoms with E-state index < -0.39 is 0 Å². The number of nitrogens with two attached hydrogens (primary N) is 2. The summed E-state index contributed by atoms with van der Waals surface area (Å²) in [5.41, 5.74) is 20.3. The van der Waals surface area contributed by atoms with Crippen molar-refractivity contribution in [3.8, 4) is 11.1 Å². The highest BCUT2D eigenvalue weighted by atomic mass is 15.3. The number of hydrogen-bond donors (Lipinski definition) is 4. The number of aromatic amines is 1. The third kappa shape index (κ3) is 4.07. The minimum absolute atomic E-state index is 0.0431. The molecule has 0 aliphatic carbocycles.